The molecule has 3 aromatic heterocycles. The average molecular weight is 696 g/mol. The number of furan rings is 2. The van der Waals surface area contributed by atoms with Gasteiger partial charge in [-0.05, 0) is 101 Å². The smallest absolute Gasteiger partial charge is 0.247 e. The second-order valence-corrected chi connectivity index (χ2v) is 14.6. The van der Waals surface area contributed by atoms with Gasteiger partial charge in [-0.25, -0.2) is 0 Å². The minimum absolute atomic E-state index is 0.869. The molecule has 0 bridgehead atoms. The Morgan fingerprint density at radius 2 is 1.31 bits per heavy atom. The van der Waals surface area contributed by atoms with Crippen LogP contribution in [-0.4, -0.2) is 11.8 Å². The first-order valence-corrected chi connectivity index (χ1v) is 19.1. The van der Waals surface area contributed by atoms with E-state index in [1.54, 1.807) is 0 Å². The lowest BCUT2D eigenvalue weighted by atomic mass is 9.62. The lowest BCUT2D eigenvalue weighted by molar-refractivity contribution is 0.650. The molecule has 11 rings (SSSR count). The summed E-state index contributed by atoms with van der Waals surface area (Å²) in [5, 5.41) is 9.59. The summed E-state index contributed by atoms with van der Waals surface area (Å²) in [6.45, 7) is 2.26. The molecular formula is C49H36BN2O2. The fraction of sp³-hybridized carbons (Fsp3) is 0.102. The van der Waals surface area contributed by atoms with Gasteiger partial charge in [0.05, 0.1) is 16.9 Å². The zero-order chi connectivity index (χ0) is 35.8. The molecular weight excluding hydrogens is 659 g/mol. The summed E-state index contributed by atoms with van der Waals surface area (Å²) >= 11 is 0. The zero-order valence-electron chi connectivity index (χ0n) is 30.0. The SMILES string of the molecule is CCCCCc1ccc(Nc2ccccc2-c2cc(-c3ccc4c(c3)oc3ccccc34)c3c4ccccc4n4c3c2[B]c2oc3ccccc3c2-4)cc1. The number of benzene rings is 7. The number of para-hydroxylation sites is 4. The molecule has 10 aromatic rings. The van der Waals surface area contributed by atoms with Gasteiger partial charge in [-0.2, -0.15) is 0 Å². The first-order chi connectivity index (χ1) is 26.7. The molecule has 1 aliphatic heterocycles. The van der Waals surface area contributed by atoms with Gasteiger partial charge in [-0.1, -0.05) is 105 Å². The molecule has 0 saturated carbocycles. The highest BCUT2D eigenvalue weighted by Crippen LogP contribution is 2.45. The topological polar surface area (TPSA) is 43.2 Å². The number of fused-ring (bicyclic) bond motifs is 10. The van der Waals surface area contributed by atoms with Gasteiger partial charge in [0.15, 0.2) is 0 Å². The molecule has 54 heavy (non-hydrogen) atoms. The molecule has 4 heterocycles. The highest BCUT2D eigenvalue weighted by atomic mass is 16.3. The van der Waals surface area contributed by atoms with Gasteiger partial charge in [-0.15, -0.1) is 0 Å². The Morgan fingerprint density at radius 3 is 2.17 bits per heavy atom. The molecule has 1 N–H and O–H groups in total. The summed E-state index contributed by atoms with van der Waals surface area (Å²) in [6.07, 6.45) is 4.84. The minimum Gasteiger partial charge on any atom is -0.469 e. The first kappa shape index (κ1) is 31.1. The molecule has 0 unspecified atom stereocenters. The van der Waals surface area contributed by atoms with Crippen molar-refractivity contribution in [1.82, 2.24) is 4.57 Å². The predicted octanol–water partition coefficient (Wildman–Crippen LogP) is 12.2. The van der Waals surface area contributed by atoms with E-state index in [2.05, 4.69) is 151 Å². The second kappa shape index (κ2) is 12.3. The van der Waals surface area contributed by atoms with Gasteiger partial charge in [-0.3, -0.25) is 0 Å². The summed E-state index contributed by atoms with van der Waals surface area (Å²) in [5.74, 6) is 0. The normalized spacial score (nSPS) is 12.2. The van der Waals surface area contributed by atoms with E-state index in [1.165, 1.54) is 41.1 Å². The molecule has 1 aliphatic rings. The maximum absolute atomic E-state index is 6.65. The molecule has 0 saturated heterocycles. The van der Waals surface area contributed by atoms with Crippen LogP contribution < -0.4 is 16.4 Å². The third-order valence-corrected chi connectivity index (χ3v) is 11.3. The third kappa shape index (κ3) is 4.78. The van der Waals surface area contributed by atoms with Crippen molar-refractivity contribution in [1.29, 1.82) is 0 Å². The quantitative estimate of drug-likeness (QED) is 0.127. The van der Waals surface area contributed by atoms with E-state index in [0.29, 0.717) is 0 Å². The van der Waals surface area contributed by atoms with Crippen LogP contribution in [0.4, 0.5) is 11.4 Å². The third-order valence-electron chi connectivity index (χ3n) is 11.3. The highest BCUT2D eigenvalue weighted by molar-refractivity contribution is 6.73. The van der Waals surface area contributed by atoms with Crippen LogP contribution in [0.15, 0.2) is 154 Å². The molecule has 5 heteroatoms. The number of hydrogen-bond acceptors (Lipinski definition) is 3. The van der Waals surface area contributed by atoms with Crippen molar-refractivity contribution >= 4 is 84.5 Å². The Bertz CT molecular complexity index is 3070. The predicted molar refractivity (Wildman–Crippen MR) is 227 cm³/mol. The average Bonchev–Trinajstić information content (AvgIpc) is 3.89. The van der Waals surface area contributed by atoms with Crippen LogP contribution >= 0.6 is 0 Å². The summed E-state index contributed by atoms with van der Waals surface area (Å²) in [6, 6.07) is 52.2. The van der Waals surface area contributed by atoms with Crippen molar-refractivity contribution < 1.29 is 8.83 Å². The van der Waals surface area contributed by atoms with Gasteiger partial charge in [0, 0.05) is 49.4 Å². The van der Waals surface area contributed by atoms with E-state index < -0.39 is 0 Å². The van der Waals surface area contributed by atoms with E-state index in [0.717, 1.165) is 95.3 Å². The van der Waals surface area contributed by atoms with Crippen LogP contribution in [0.5, 0.6) is 0 Å². The number of unbranched alkanes of at least 4 members (excludes halogenated alkanes) is 2. The molecule has 257 valence electrons. The number of nitrogens with one attached hydrogen (secondary N) is 1. The monoisotopic (exact) mass is 695 g/mol. The molecule has 4 nitrogen and oxygen atoms in total. The van der Waals surface area contributed by atoms with Crippen LogP contribution in [0.2, 0.25) is 0 Å². The van der Waals surface area contributed by atoms with Crippen LogP contribution in [0, 0.1) is 0 Å². The summed E-state index contributed by atoms with van der Waals surface area (Å²) < 4.78 is 15.6. The Morgan fingerprint density at radius 1 is 0.593 bits per heavy atom. The Balaban J connectivity index is 1.17. The number of nitrogens with zero attached hydrogens (tertiary/aromatic N) is 1. The van der Waals surface area contributed by atoms with E-state index in [9.17, 15) is 0 Å². The number of rotatable bonds is 8. The molecule has 0 amide bonds. The maximum atomic E-state index is 6.65. The molecule has 0 atom stereocenters. The fourth-order valence-corrected chi connectivity index (χ4v) is 8.74. The fourth-order valence-electron chi connectivity index (χ4n) is 8.74. The summed E-state index contributed by atoms with van der Waals surface area (Å²) in [5.41, 5.74) is 16.2. The Labute approximate surface area is 313 Å². The van der Waals surface area contributed by atoms with E-state index in [1.807, 2.05) is 18.2 Å². The number of aromatic nitrogens is 1. The lowest BCUT2D eigenvalue weighted by Crippen LogP contribution is -2.36. The van der Waals surface area contributed by atoms with Gasteiger partial charge in [0.25, 0.3) is 0 Å². The maximum Gasteiger partial charge on any atom is 0.247 e. The van der Waals surface area contributed by atoms with Crippen LogP contribution in [0.1, 0.15) is 31.7 Å². The largest absolute Gasteiger partial charge is 0.469 e. The van der Waals surface area contributed by atoms with Crippen molar-refractivity contribution in [3.05, 3.63) is 151 Å². The zero-order valence-corrected chi connectivity index (χ0v) is 30.0. The molecule has 0 spiro atoms. The summed E-state index contributed by atoms with van der Waals surface area (Å²) in [4.78, 5) is 0. The number of anilines is 2. The van der Waals surface area contributed by atoms with Crippen molar-refractivity contribution in [2.75, 3.05) is 5.32 Å². The van der Waals surface area contributed by atoms with Crippen molar-refractivity contribution in [3.8, 4) is 27.9 Å². The number of hydrogen-bond donors (Lipinski definition) is 1. The van der Waals surface area contributed by atoms with Gasteiger partial charge in [0.2, 0.25) is 7.28 Å². The Kier molecular flexibility index (Phi) is 7.09. The van der Waals surface area contributed by atoms with E-state index in [-0.39, 0.29) is 0 Å². The van der Waals surface area contributed by atoms with Crippen LogP contribution in [0.3, 0.4) is 0 Å². The lowest BCUT2D eigenvalue weighted by Gasteiger charge is -2.23. The highest BCUT2D eigenvalue weighted by Gasteiger charge is 2.32. The van der Waals surface area contributed by atoms with Crippen LogP contribution in [0.25, 0.3) is 82.7 Å². The van der Waals surface area contributed by atoms with Crippen molar-refractivity contribution in [3.63, 3.8) is 0 Å². The Hall–Kier alpha value is -6.46. The molecule has 0 fully saturated rings. The standard InChI is InChI=1S/C49H36BN2O2/c1-2-3-4-13-30-22-25-32(26-23-30)51-40-18-9-5-14-33(40)39-29-38(31-24-27-35-34-15-7-11-20-42(34)53-44(35)28-31)45-36-16-6-10-19-41(36)52-47-37-17-8-12-21-43(37)54-49(47)50-46(39)48(45)52/h5-12,14-29,51H,2-4,13H2,1H3. The van der Waals surface area contributed by atoms with E-state index >= 15 is 0 Å². The minimum atomic E-state index is 0.869. The van der Waals surface area contributed by atoms with Gasteiger partial charge in [0.1, 0.15) is 16.7 Å². The summed E-state index contributed by atoms with van der Waals surface area (Å²) in [7, 11) is 2.26. The van der Waals surface area contributed by atoms with E-state index in [4.69, 9.17) is 8.83 Å². The molecule has 1 radical (unpaired) electrons. The van der Waals surface area contributed by atoms with Crippen molar-refractivity contribution in [2.24, 2.45) is 0 Å². The molecule has 7 aromatic carbocycles. The van der Waals surface area contributed by atoms with Crippen LogP contribution in [-0.2, 0) is 6.42 Å². The second-order valence-electron chi connectivity index (χ2n) is 14.6. The number of aryl methyl sites for hydroxylation is 1. The molecule has 0 aliphatic carbocycles. The van der Waals surface area contributed by atoms with Crippen molar-refractivity contribution in [2.45, 2.75) is 32.6 Å². The van der Waals surface area contributed by atoms with Gasteiger partial charge >= 0.3 is 0 Å². The first-order valence-electron chi connectivity index (χ1n) is 19.1. The van der Waals surface area contributed by atoms with Gasteiger partial charge < -0.3 is 18.7 Å².